The van der Waals surface area contributed by atoms with Crippen LogP contribution in [0.25, 0.3) is 0 Å². The summed E-state index contributed by atoms with van der Waals surface area (Å²) in [7, 11) is 0. The van der Waals surface area contributed by atoms with E-state index < -0.39 is 0 Å². The number of halogens is 2. The number of hydrogen-bond acceptors (Lipinski definition) is 1. The molecule has 1 rings (SSSR count). The quantitative estimate of drug-likeness (QED) is 0.573. The van der Waals surface area contributed by atoms with E-state index in [0.29, 0.717) is 11.5 Å². The molecule has 2 atom stereocenters. The average molecular weight is 336 g/mol. The fraction of sp³-hybridized carbons (Fsp3) is 0.538. The summed E-state index contributed by atoms with van der Waals surface area (Å²) in [4.78, 5) is 0. The van der Waals surface area contributed by atoms with Crippen LogP contribution in [-0.4, -0.2) is 10.5 Å². The maximum atomic E-state index is 13.6. The standard InChI is InChI=1S/C13H18FIO/c1-9(2)10(3)16-13(8-15)11-6-4-5-7-12(11)14/h4-7,9-10,13H,8H2,1-3H3. The second-order valence-electron chi connectivity index (χ2n) is 4.25. The van der Waals surface area contributed by atoms with Gasteiger partial charge in [0.05, 0.1) is 12.2 Å². The van der Waals surface area contributed by atoms with Crippen LogP contribution in [0.2, 0.25) is 0 Å². The van der Waals surface area contributed by atoms with Gasteiger partial charge in [0.25, 0.3) is 0 Å². The number of ether oxygens (including phenoxy) is 1. The summed E-state index contributed by atoms with van der Waals surface area (Å²) in [6, 6.07) is 6.83. The van der Waals surface area contributed by atoms with Gasteiger partial charge in [-0.1, -0.05) is 54.6 Å². The largest absolute Gasteiger partial charge is 0.369 e. The third-order valence-corrected chi connectivity index (χ3v) is 3.51. The number of hydrogen-bond donors (Lipinski definition) is 0. The predicted molar refractivity (Wildman–Crippen MR) is 73.4 cm³/mol. The first-order valence-electron chi connectivity index (χ1n) is 5.52. The van der Waals surface area contributed by atoms with Crippen LogP contribution in [0, 0.1) is 11.7 Å². The zero-order chi connectivity index (χ0) is 12.1. The van der Waals surface area contributed by atoms with Crippen molar-refractivity contribution in [3.8, 4) is 0 Å². The Bertz CT molecular complexity index is 327. The molecule has 90 valence electrons. The van der Waals surface area contributed by atoms with Crippen molar-refractivity contribution < 1.29 is 9.13 Å². The van der Waals surface area contributed by atoms with E-state index in [0.717, 1.165) is 4.43 Å². The molecule has 0 N–H and O–H groups in total. The molecule has 0 spiro atoms. The molecule has 0 aromatic heterocycles. The molecule has 0 bridgehead atoms. The second-order valence-corrected chi connectivity index (χ2v) is 5.13. The average Bonchev–Trinajstić information content (AvgIpc) is 2.26. The van der Waals surface area contributed by atoms with Gasteiger partial charge >= 0.3 is 0 Å². The van der Waals surface area contributed by atoms with Crippen LogP contribution >= 0.6 is 22.6 Å². The van der Waals surface area contributed by atoms with Crippen molar-refractivity contribution >= 4 is 22.6 Å². The number of rotatable bonds is 5. The minimum Gasteiger partial charge on any atom is -0.369 e. The Morgan fingerprint density at radius 3 is 2.38 bits per heavy atom. The molecule has 0 saturated heterocycles. The van der Waals surface area contributed by atoms with Gasteiger partial charge in [-0.2, -0.15) is 0 Å². The molecule has 3 heteroatoms. The van der Waals surface area contributed by atoms with Gasteiger partial charge in [0.2, 0.25) is 0 Å². The van der Waals surface area contributed by atoms with Gasteiger partial charge < -0.3 is 4.74 Å². The Morgan fingerprint density at radius 1 is 1.25 bits per heavy atom. The molecular formula is C13H18FIO. The lowest BCUT2D eigenvalue weighted by Crippen LogP contribution is -2.20. The normalized spacial score (nSPS) is 15.1. The molecule has 0 heterocycles. The lowest BCUT2D eigenvalue weighted by atomic mass is 10.1. The summed E-state index contributed by atoms with van der Waals surface area (Å²) >= 11 is 2.23. The Hall–Kier alpha value is -0.160. The molecular weight excluding hydrogens is 318 g/mol. The van der Waals surface area contributed by atoms with E-state index >= 15 is 0 Å². The van der Waals surface area contributed by atoms with Gasteiger partial charge in [0.1, 0.15) is 5.82 Å². The molecule has 0 aliphatic carbocycles. The van der Waals surface area contributed by atoms with Crippen LogP contribution in [0.1, 0.15) is 32.4 Å². The molecule has 16 heavy (non-hydrogen) atoms. The van der Waals surface area contributed by atoms with Crippen LogP contribution in [-0.2, 0) is 4.74 Å². The summed E-state index contributed by atoms with van der Waals surface area (Å²) < 4.78 is 20.2. The summed E-state index contributed by atoms with van der Waals surface area (Å²) in [6.07, 6.45) is -0.0152. The number of benzene rings is 1. The zero-order valence-corrected chi connectivity index (χ0v) is 12.1. The van der Waals surface area contributed by atoms with E-state index in [-0.39, 0.29) is 18.0 Å². The van der Waals surface area contributed by atoms with Gasteiger partial charge in [-0.05, 0) is 18.9 Å². The van der Waals surface area contributed by atoms with Crippen LogP contribution in [0.15, 0.2) is 24.3 Å². The van der Waals surface area contributed by atoms with E-state index in [1.165, 1.54) is 6.07 Å². The monoisotopic (exact) mass is 336 g/mol. The first-order chi connectivity index (χ1) is 7.56. The first kappa shape index (κ1) is 13.9. The minimum absolute atomic E-state index is 0.138. The van der Waals surface area contributed by atoms with Gasteiger partial charge in [-0.15, -0.1) is 0 Å². The maximum Gasteiger partial charge on any atom is 0.129 e. The molecule has 0 amide bonds. The van der Waals surface area contributed by atoms with Crippen LogP contribution in [0.4, 0.5) is 4.39 Å². The fourth-order valence-corrected chi connectivity index (χ4v) is 2.03. The second kappa shape index (κ2) is 6.55. The van der Waals surface area contributed by atoms with Crippen LogP contribution < -0.4 is 0 Å². The molecule has 0 aliphatic rings. The van der Waals surface area contributed by atoms with Crippen molar-refractivity contribution in [2.24, 2.45) is 5.92 Å². The fourth-order valence-electron chi connectivity index (χ4n) is 1.35. The molecule has 2 unspecified atom stereocenters. The van der Waals surface area contributed by atoms with Crippen molar-refractivity contribution in [3.05, 3.63) is 35.6 Å². The van der Waals surface area contributed by atoms with Crippen molar-refractivity contribution in [1.82, 2.24) is 0 Å². The highest BCUT2D eigenvalue weighted by atomic mass is 127. The van der Waals surface area contributed by atoms with E-state index in [9.17, 15) is 4.39 Å². The Kier molecular flexibility index (Phi) is 5.69. The highest BCUT2D eigenvalue weighted by Crippen LogP contribution is 2.25. The van der Waals surface area contributed by atoms with Crippen molar-refractivity contribution in [1.29, 1.82) is 0 Å². The highest BCUT2D eigenvalue weighted by Gasteiger charge is 2.19. The van der Waals surface area contributed by atoms with E-state index in [1.54, 1.807) is 12.1 Å². The summed E-state index contributed by atoms with van der Waals surface area (Å²) in [5.41, 5.74) is 0.657. The molecule has 1 nitrogen and oxygen atoms in total. The van der Waals surface area contributed by atoms with E-state index in [4.69, 9.17) is 4.74 Å². The van der Waals surface area contributed by atoms with Crippen molar-refractivity contribution in [2.75, 3.05) is 4.43 Å². The lowest BCUT2D eigenvalue weighted by Gasteiger charge is -2.24. The molecule has 1 aromatic rings. The first-order valence-corrected chi connectivity index (χ1v) is 7.04. The van der Waals surface area contributed by atoms with Gasteiger partial charge in [-0.3, -0.25) is 0 Å². The van der Waals surface area contributed by atoms with E-state index in [1.807, 2.05) is 13.0 Å². The number of alkyl halides is 1. The molecule has 0 aliphatic heterocycles. The Balaban J connectivity index is 2.79. The topological polar surface area (TPSA) is 9.23 Å². The molecule has 0 radical (unpaired) electrons. The summed E-state index contributed by atoms with van der Waals surface area (Å²) in [5.74, 6) is 0.261. The van der Waals surface area contributed by atoms with Crippen LogP contribution in [0.3, 0.4) is 0 Å². The van der Waals surface area contributed by atoms with Crippen molar-refractivity contribution in [3.63, 3.8) is 0 Å². The third kappa shape index (κ3) is 3.70. The smallest absolute Gasteiger partial charge is 0.129 e. The zero-order valence-electron chi connectivity index (χ0n) is 9.91. The van der Waals surface area contributed by atoms with Gasteiger partial charge in [0, 0.05) is 9.99 Å². The molecule has 1 aromatic carbocycles. The minimum atomic E-state index is -0.180. The van der Waals surface area contributed by atoms with Gasteiger partial charge in [-0.25, -0.2) is 4.39 Å². The molecule has 0 saturated carbocycles. The van der Waals surface area contributed by atoms with Gasteiger partial charge in [0.15, 0.2) is 0 Å². The highest BCUT2D eigenvalue weighted by molar-refractivity contribution is 14.1. The Labute approximate surface area is 111 Å². The SMILES string of the molecule is CC(C)C(C)OC(CI)c1ccccc1F. The van der Waals surface area contributed by atoms with Crippen LogP contribution in [0.5, 0.6) is 0 Å². The lowest BCUT2D eigenvalue weighted by molar-refractivity contribution is -0.0148. The predicted octanol–water partition coefficient (Wildman–Crippen LogP) is 4.36. The van der Waals surface area contributed by atoms with E-state index in [2.05, 4.69) is 36.4 Å². The summed E-state index contributed by atoms with van der Waals surface area (Å²) in [6.45, 7) is 6.25. The Morgan fingerprint density at radius 2 is 1.88 bits per heavy atom. The summed E-state index contributed by atoms with van der Waals surface area (Å²) in [5, 5.41) is 0. The maximum absolute atomic E-state index is 13.6. The van der Waals surface area contributed by atoms with Crippen molar-refractivity contribution in [2.45, 2.75) is 33.0 Å². The molecule has 0 fully saturated rings. The third-order valence-electron chi connectivity index (χ3n) is 2.71.